The molecular formula is C25H24N5O3S+. The number of benzene rings is 3. The van der Waals surface area contributed by atoms with Gasteiger partial charge in [-0.2, -0.15) is 0 Å². The fourth-order valence-corrected chi connectivity index (χ4v) is 4.36. The minimum atomic E-state index is -3.67. The normalized spacial score (nSPS) is 11.6. The zero-order valence-electron chi connectivity index (χ0n) is 18.4. The molecule has 1 heterocycles. The first-order chi connectivity index (χ1) is 16.4. The van der Waals surface area contributed by atoms with E-state index in [1.54, 1.807) is 67.9 Å². The Labute approximate surface area is 198 Å². The number of sulfonamides is 1. The predicted molar refractivity (Wildman–Crippen MR) is 134 cm³/mol. The molecule has 0 unspecified atom stereocenters. The molecule has 5 N–H and O–H groups in total. The number of rotatable bonds is 7. The average Bonchev–Trinajstić information content (AvgIpc) is 2.85. The molecule has 0 amide bonds. The van der Waals surface area contributed by atoms with E-state index in [1.165, 1.54) is 0 Å². The van der Waals surface area contributed by atoms with E-state index >= 15 is 0 Å². The Kier molecular flexibility index (Phi) is 6.74. The maximum Gasteiger partial charge on any atom is 0.325 e. The van der Waals surface area contributed by atoms with Crippen LogP contribution in [0, 0.1) is 0 Å². The molecule has 34 heavy (non-hydrogen) atoms. The van der Waals surface area contributed by atoms with Crippen molar-refractivity contribution >= 4 is 33.2 Å². The van der Waals surface area contributed by atoms with Crippen LogP contribution >= 0.6 is 0 Å². The second kappa shape index (κ2) is 10.1. The monoisotopic (exact) mass is 474 g/mol. The lowest BCUT2D eigenvalue weighted by Crippen LogP contribution is -2.23. The van der Waals surface area contributed by atoms with Crippen LogP contribution in [0.5, 0.6) is 5.75 Å². The van der Waals surface area contributed by atoms with Gasteiger partial charge in [-0.3, -0.25) is 4.72 Å². The molecule has 0 radical (unpaired) electrons. The molecule has 9 heteroatoms. The van der Waals surface area contributed by atoms with Gasteiger partial charge >= 0.3 is 11.8 Å². The third-order valence-corrected chi connectivity index (χ3v) is 6.31. The van der Waals surface area contributed by atoms with E-state index in [0.717, 1.165) is 11.1 Å². The van der Waals surface area contributed by atoms with Crippen molar-refractivity contribution in [2.75, 3.05) is 17.1 Å². The molecule has 8 nitrogen and oxygen atoms in total. The van der Waals surface area contributed by atoms with Crippen molar-refractivity contribution in [2.24, 2.45) is 10.7 Å². The maximum atomic E-state index is 12.6. The summed E-state index contributed by atoms with van der Waals surface area (Å²) in [6.45, 7) is 0. The Balaban J connectivity index is 1.49. The minimum Gasteiger partial charge on any atom is -0.495 e. The van der Waals surface area contributed by atoms with Gasteiger partial charge in [-0.05, 0) is 53.0 Å². The van der Waals surface area contributed by atoms with Crippen molar-refractivity contribution in [2.45, 2.75) is 4.90 Å². The summed E-state index contributed by atoms with van der Waals surface area (Å²) in [5, 5.41) is 3.02. The highest BCUT2D eigenvalue weighted by molar-refractivity contribution is 7.92. The number of nitrogens with two attached hydrogens (primary N) is 1. The van der Waals surface area contributed by atoms with Gasteiger partial charge in [-0.15, -0.1) is 0 Å². The Morgan fingerprint density at radius 2 is 1.68 bits per heavy atom. The Hall–Kier alpha value is -4.37. The number of methoxy groups -OCH3 is 1. The summed E-state index contributed by atoms with van der Waals surface area (Å²) in [6.07, 6.45) is 1.78. The van der Waals surface area contributed by atoms with E-state index in [4.69, 9.17) is 10.5 Å². The van der Waals surface area contributed by atoms with Crippen molar-refractivity contribution in [1.82, 2.24) is 0 Å². The van der Waals surface area contributed by atoms with Gasteiger partial charge in [0.25, 0.3) is 10.0 Å². The molecule has 4 rings (SSSR count). The van der Waals surface area contributed by atoms with Crippen molar-refractivity contribution < 1.29 is 18.1 Å². The van der Waals surface area contributed by atoms with Gasteiger partial charge in [-0.1, -0.05) is 42.5 Å². The number of H-pyrrole nitrogens is 1. The molecule has 0 aliphatic carbocycles. The number of ether oxygens (including phenoxy) is 1. The van der Waals surface area contributed by atoms with E-state index < -0.39 is 10.0 Å². The lowest BCUT2D eigenvalue weighted by Gasteiger charge is -2.09. The van der Waals surface area contributed by atoms with Crippen LogP contribution in [-0.4, -0.2) is 21.5 Å². The number of pyridine rings is 1. The number of hydrogen-bond donors (Lipinski definition) is 3. The average molecular weight is 475 g/mol. The van der Waals surface area contributed by atoms with Gasteiger partial charge in [-0.25, -0.2) is 13.4 Å². The first-order valence-corrected chi connectivity index (χ1v) is 11.9. The Morgan fingerprint density at radius 1 is 0.912 bits per heavy atom. The Morgan fingerprint density at radius 3 is 2.41 bits per heavy atom. The summed E-state index contributed by atoms with van der Waals surface area (Å²) >= 11 is 0. The highest BCUT2D eigenvalue weighted by atomic mass is 32.2. The van der Waals surface area contributed by atoms with Crippen molar-refractivity contribution in [3.05, 3.63) is 97.2 Å². The molecule has 0 saturated heterocycles. The first kappa shape index (κ1) is 22.8. The topological polar surface area (TPSA) is 120 Å². The molecule has 0 aliphatic heterocycles. The van der Waals surface area contributed by atoms with E-state index in [2.05, 4.69) is 20.0 Å². The SMILES string of the molecule is COc1ccccc1NC(N)=Nc1ccc(-c2cccc(NS(=O)(=O)c3ccccc3)c2)c[nH+]1. The predicted octanol–water partition coefficient (Wildman–Crippen LogP) is 4.04. The quantitative estimate of drug-likeness (QED) is 0.276. The number of hydrogen-bond acceptors (Lipinski definition) is 4. The second-order valence-corrected chi connectivity index (χ2v) is 8.97. The summed E-state index contributed by atoms with van der Waals surface area (Å²) in [5.41, 5.74) is 8.90. The van der Waals surface area contributed by atoms with Gasteiger partial charge in [0, 0.05) is 17.3 Å². The zero-order valence-corrected chi connectivity index (χ0v) is 19.2. The molecular weight excluding hydrogens is 450 g/mol. The second-order valence-electron chi connectivity index (χ2n) is 7.28. The van der Waals surface area contributed by atoms with Crippen molar-refractivity contribution in [1.29, 1.82) is 0 Å². The number of nitrogens with zero attached hydrogens (tertiary/aromatic N) is 1. The molecule has 0 saturated carbocycles. The largest absolute Gasteiger partial charge is 0.495 e. The van der Waals surface area contributed by atoms with Crippen LogP contribution in [0.15, 0.2) is 107 Å². The molecule has 4 aromatic rings. The van der Waals surface area contributed by atoms with Crippen molar-refractivity contribution in [3.8, 4) is 16.9 Å². The zero-order chi connectivity index (χ0) is 24.0. The highest BCUT2D eigenvalue weighted by Gasteiger charge is 2.14. The van der Waals surface area contributed by atoms with Crippen LogP contribution in [0.25, 0.3) is 11.1 Å². The van der Waals surface area contributed by atoms with E-state index in [9.17, 15) is 8.42 Å². The Bertz CT molecular complexity index is 1410. The standard InChI is InChI=1S/C25H23N5O3S/c1-33-23-13-6-5-12-22(23)28-25(26)29-24-15-14-19(17-27-24)18-8-7-9-20(16-18)30-34(31,32)21-10-3-2-4-11-21/h2-17,30H,1H3,(H3,26,27,28,29)/p+1. The molecule has 1 aromatic heterocycles. The van der Waals surface area contributed by atoms with Gasteiger partial charge in [0.1, 0.15) is 5.75 Å². The molecule has 0 fully saturated rings. The van der Waals surface area contributed by atoms with Crippen LogP contribution in [0.3, 0.4) is 0 Å². The molecule has 0 bridgehead atoms. The van der Waals surface area contributed by atoms with E-state index in [0.29, 0.717) is 22.9 Å². The molecule has 0 atom stereocenters. The molecule has 172 valence electrons. The van der Waals surface area contributed by atoms with Gasteiger partial charge in [0.2, 0.25) is 0 Å². The number of aliphatic imine (C=N–C) groups is 1. The summed E-state index contributed by atoms with van der Waals surface area (Å²) < 4.78 is 33.1. The first-order valence-electron chi connectivity index (χ1n) is 10.4. The maximum absolute atomic E-state index is 12.6. The molecule has 3 aromatic carbocycles. The van der Waals surface area contributed by atoms with Crippen LogP contribution in [-0.2, 0) is 10.0 Å². The van der Waals surface area contributed by atoms with E-state index in [-0.39, 0.29) is 10.9 Å². The summed E-state index contributed by atoms with van der Waals surface area (Å²) in [6, 6.07) is 26.5. The summed E-state index contributed by atoms with van der Waals surface area (Å²) in [4.78, 5) is 7.65. The number of para-hydroxylation sites is 2. The number of aromatic amines is 1. The van der Waals surface area contributed by atoms with Crippen LogP contribution in [0.4, 0.5) is 17.2 Å². The molecule has 0 aliphatic rings. The van der Waals surface area contributed by atoms with Gasteiger partial charge < -0.3 is 15.8 Å². The highest BCUT2D eigenvalue weighted by Crippen LogP contribution is 2.25. The number of guanidine groups is 1. The lowest BCUT2D eigenvalue weighted by atomic mass is 10.1. The minimum absolute atomic E-state index is 0.200. The van der Waals surface area contributed by atoms with Crippen LogP contribution in [0.2, 0.25) is 0 Å². The van der Waals surface area contributed by atoms with Crippen molar-refractivity contribution in [3.63, 3.8) is 0 Å². The van der Waals surface area contributed by atoms with Crippen LogP contribution in [0.1, 0.15) is 0 Å². The number of aromatic nitrogens is 1. The van der Waals surface area contributed by atoms with Crippen LogP contribution < -0.4 is 25.5 Å². The van der Waals surface area contributed by atoms with E-state index in [1.807, 2.05) is 36.4 Å². The summed E-state index contributed by atoms with van der Waals surface area (Å²) in [5.74, 6) is 1.40. The summed E-state index contributed by atoms with van der Waals surface area (Å²) in [7, 11) is -2.08. The number of anilines is 2. The number of nitrogens with one attached hydrogen (secondary N) is 3. The third-order valence-electron chi connectivity index (χ3n) is 4.91. The van der Waals surface area contributed by atoms with Gasteiger partial charge in [0.05, 0.1) is 23.9 Å². The lowest BCUT2D eigenvalue weighted by molar-refractivity contribution is -0.361. The smallest absolute Gasteiger partial charge is 0.325 e. The molecule has 0 spiro atoms. The third kappa shape index (κ3) is 5.51. The fraction of sp³-hybridized carbons (Fsp3) is 0.0400. The van der Waals surface area contributed by atoms with Gasteiger partial charge in [0.15, 0.2) is 0 Å². The fourth-order valence-electron chi connectivity index (χ4n) is 3.29.